The van der Waals surface area contributed by atoms with Gasteiger partial charge in [-0.2, -0.15) is 0 Å². The molecule has 2 aromatic heterocycles. The highest BCUT2D eigenvalue weighted by Gasteiger charge is 2.13. The molecule has 1 aliphatic rings. The SMILES string of the molecule is Cc1ccnc(CNC(=O)c2cn(CCCCN(N)/C=C(\N)C(=O)NCc3cccc(N4CCCC4)c3)nn2)c1. The number of nitrogens with zero attached hydrogens (tertiary/aromatic N) is 6. The number of pyridine rings is 1. The zero-order valence-electron chi connectivity index (χ0n) is 22.9. The van der Waals surface area contributed by atoms with Crippen molar-refractivity contribution < 1.29 is 9.59 Å². The molecule has 0 unspecified atom stereocenters. The number of unbranched alkanes of at least 4 members (excludes halogenated alkanes) is 1. The summed E-state index contributed by atoms with van der Waals surface area (Å²) in [5.74, 6) is 5.35. The van der Waals surface area contributed by atoms with Gasteiger partial charge in [0.1, 0.15) is 5.70 Å². The number of nitrogens with one attached hydrogen (secondary N) is 2. The Hall–Kier alpha value is -4.45. The third-order valence-electron chi connectivity index (χ3n) is 6.63. The highest BCUT2D eigenvalue weighted by molar-refractivity contribution is 5.92. The Labute approximate surface area is 234 Å². The third kappa shape index (κ3) is 8.53. The highest BCUT2D eigenvalue weighted by atomic mass is 16.2. The van der Waals surface area contributed by atoms with Crippen LogP contribution in [-0.4, -0.2) is 56.4 Å². The number of anilines is 1. The number of rotatable bonds is 13. The molecule has 2 amide bonds. The van der Waals surface area contributed by atoms with Gasteiger partial charge >= 0.3 is 0 Å². The van der Waals surface area contributed by atoms with Crippen LogP contribution < -0.4 is 27.1 Å². The molecule has 0 radical (unpaired) electrons. The van der Waals surface area contributed by atoms with Crippen molar-refractivity contribution in [3.05, 3.63) is 83.2 Å². The zero-order valence-corrected chi connectivity index (χ0v) is 22.9. The molecule has 0 atom stereocenters. The van der Waals surface area contributed by atoms with Gasteiger partial charge in [-0.05, 0) is 68.0 Å². The van der Waals surface area contributed by atoms with Crippen LogP contribution in [0.5, 0.6) is 0 Å². The quantitative estimate of drug-likeness (QED) is 0.108. The van der Waals surface area contributed by atoms with Crippen molar-refractivity contribution in [3.63, 3.8) is 0 Å². The summed E-state index contributed by atoms with van der Waals surface area (Å²) in [6, 6.07) is 12.0. The molecule has 3 heterocycles. The molecule has 6 N–H and O–H groups in total. The third-order valence-corrected chi connectivity index (χ3v) is 6.63. The minimum atomic E-state index is -0.367. The molecule has 4 rings (SSSR count). The fourth-order valence-electron chi connectivity index (χ4n) is 4.46. The number of benzene rings is 1. The number of amides is 2. The number of aromatic nitrogens is 4. The molecule has 40 heavy (non-hydrogen) atoms. The lowest BCUT2D eigenvalue weighted by Gasteiger charge is -2.18. The van der Waals surface area contributed by atoms with Crippen LogP contribution in [0.4, 0.5) is 5.69 Å². The topological polar surface area (TPSA) is 160 Å². The van der Waals surface area contributed by atoms with Crippen LogP contribution in [-0.2, 0) is 24.4 Å². The second-order valence-corrected chi connectivity index (χ2v) is 9.95. The van der Waals surface area contributed by atoms with Gasteiger partial charge in [-0.1, -0.05) is 17.3 Å². The maximum Gasteiger partial charge on any atom is 0.273 e. The average molecular weight is 547 g/mol. The minimum absolute atomic E-state index is 0.0472. The first-order valence-electron chi connectivity index (χ1n) is 13.6. The van der Waals surface area contributed by atoms with Crippen LogP contribution >= 0.6 is 0 Å². The molecule has 0 spiro atoms. The van der Waals surface area contributed by atoms with E-state index in [-0.39, 0.29) is 23.2 Å². The van der Waals surface area contributed by atoms with E-state index in [1.54, 1.807) is 17.1 Å². The number of hydrazine groups is 1. The normalized spacial score (nSPS) is 13.3. The van der Waals surface area contributed by atoms with Gasteiger partial charge in [0.25, 0.3) is 11.8 Å². The Bertz CT molecular complexity index is 1320. The summed E-state index contributed by atoms with van der Waals surface area (Å²) in [5, 5.41) is 15.0. The first-order chi connectivity index (χ1) is 19.4. The fraction of sp³-hybridized carbons (Fsp3) is 0.393. The summed E-state index contributed by atoms with van der Waals surface area (Å²) in [6.07, 6.45) is 8.67. The van der Waals surface area contributed by atoms with Crippen LogP contribution in [0.1, 0.15) is 53.0 Å². The lowest BCUT2D eigenvalue weighted by molar-refractivity contribution is -0.117. The van der Waals surface area contributed by atoms with Crippen molar-refractivity contribution in [2.24, 2.45) is 11.6 Å². The summed E-state index contributed by atoms with van der Waals surface area (Å²) in [7, 11) is 0. The molecule has 0 saturated carbocycles. The number of nitrogens with two attached hydrogens (primary N) is 2. The van der Waals surface area contributed by atoms with E-state index >= 15 is 0 Å². The lowest BCUT2D eigenvalue weighted by Crippen LogP contribution is -2.33. The summed E-state index contributed by atoms with van der Waals surface area (Å²) < 4.78 is 1.62. The van der Waals surface area contributed by atoms with Gasteiger partial charge in [-0.15, -0.1) is 5.10 Å². The van der Waals surface area contributed by atoms with Gasteiger partial charge in [0.2, 0.25) is 0 Å². The van der Waals surface area contributed by atoms with E-state index in [1.165, 1.54) is 29.7 Å². The molecular weight excluding hydrogens is 508 g/mol. The summed E-state index contributed by atoms with van der Waals surface area (Å²) in [4.78, 5) is 31.4. The molecule has 1 saturated heterocycles. The molecule has 1 aromatic carbocycles. The molecule has 0 aliphatic carbocycles. The van der Waals surface area contributed by atoms with E-state index in [0.29, 0.717) is 26.2 Å². The largest absolute Gasteiger partial charge is 0.393 e. The van der Waals surface area contributed by atoms with E-state index in [1.807, 2.05) is 31.2 Å². The van der Waals surface area contributed by atoms with Crippen LogP contribution in [0.3, 0.4) is 0 Å². The van der Waals surface area contributed by atoms with Gasteiger partial charge in [-0.25, -0.2) is 5.84 Å². The molecule has 3 aromatic rings. The van der Waals surface area contributed by atoms with E-state index in [4.69, 9.17) is 11.6 Å². The number of hydrogen-bond acceptors (Lipinski definition) is 9. The van der Waals surface area contributed by atoms with E-state index in [0.717, 1.165) is 42.8 Å². The lowest BCUT2D eigenvalue weighted by atomic mass is 10.2. The van der Waals surface area contributed by atoms with Crippen molar-refractivity contribution >= 4 is 17.5 Å². The van der Waals surface area contributed by atoms with Gasteiger partial charge in [0.15, 0.2) is 5.69 Å². The van der Waals surface area contributed by atoms with Gasteiger partial charge in [0, 0.05) is 50.8 Å². The predicted molar refractivity (Wildman–Crippen MR) is 152 cm³/mol. The molecule has 0 bridgehead atoms. The summed E-state index contributed by atoms with van der Waals surface area (Å²) in [5.41, 5.74) is 10.3. The Morgan fingerprint density at radius 2 is 1.93 bits per heavy atom. The summed E-state index contributed by atoms with van der Waals surface area (Å²) >= 11 is 0. The van der Waals surface area contributed by atoms with Crippen LogP contribution in [0.2, 0.25) is 0 Å². The maximum absolute atomic E-state index is 12.5. The molecule has 1 aliphatic heterocycles. The first-order valence-corrected chi connectivity index (χ1v) is 13.6. The van der Waals surface area contributed by atoms with Crippen LogP contribution in [0.25, 0.3) is 0 Å². The monoisotopic (exact) mass is 546 g/mol. The molecule has 1 fully saturated rings. The molecular formula is C28H38N10O2. The average Bonchev–Trinajstić information content (AvgIpc) is 3.66. The Kier molecular flexibility index (Phi) is 10.1. The smallest absolute Gasteiger partial charge is 0.273 e. The van der Waals surface area contributed by atoms with E-state index in [2.05, 4.69) is 43.0 Å². The second kappa shape index (κ2) is 14.1. The van der Waals surface area contributed by atoms with E-state index in [9.17, 15) is 9.59 Å². The van der Waals surface area contributed by atoms with E-state index < -0.39 is 0 Å². The summed E-state index contributed by atoms with van der Waals surface area (Å²) in [6.45, 7) is 5.90. The van der Waals surface area contributed by atoms with Crippen molar-refractivity contribution in [2.75, 3.05) is 24.5 Å². The van der Waals surface area contributed by atoms with Crippen molar-refractivity contribution in [1.29, 1.82) is 0 Å². The Balaban J connectivity index is 1.14. The number of aryl methyl sites for hydroxylation is 2. The predicted octanol–water partition coefficient (Wildman–Crippen LogP) is 1.58. The van der Waals surface area contributed by atoms with Crippen molar-refractivity contribution in [2.45, 2.75) is 52.2 Å². The van der Waals surface area contributed by atoms with Crippen LogP contribution in [0, 0.1) is 6.92 Å². The number of carbonyl (C=O) groups excluding carboxylic acids is 2. The zero-order chi connectivity index (χ0) is 28.3. The van der Waals surface area contributed by atoms with Gasteiger partial charge in [0.05, 0.1) is 18.4 Å². The fourth-order valence-corrected chi connectivity index (χ4v) is 4.46. The number of hydrogen-bond donors (Lipinski definition) is 4. The minimum Gasteiger partial charge on any atom is -0.393 e. The molecule has 12 nitrogen and oxygen atoms in total. The van der Waals surface area contributed by atoms with Crippen LogP contribution in [0.15, 0.2) is 60.7 Å². The first kappa shape index (κ1) is 28.6. The van der Waals surface area contributed by atoms with Gasteiger partial charge in [-0.3, -0.25) is 19.3 Å². The molecule has 12 heteroatoms. The van der Waals surface area contributed by atoms with Crippen molar-refractivity contribution in [3.8, 4) is 0 Å². The standard InChI is InChI=1S/C28H38N10O2/c1-21-9-10-31-23(15-21)18-33-28(40)26-20-38(35-34-26)14-5-4-13-37(30)19-25(29)27(39)32-17-22-7-6-8-24(16-22)36-11-2-3-12-36/h6-10,15-16,19-20H,2-5,11-14,17-18,29-30H2,1H3,(H,32,39)(H,33,40)/b25-19-. The number of carbonyl (C=O) groups is 2. The van der Waals surface area contributed by atoms with Gasteiger partial charge < -0.3 is 26.3 Å². The maximum atomic E-state index is 12.5. The Morgan fingerprint density at radius 3 is 2.73 bits per heavy atom. The second-order valence-electron chi connectivity index (χ2n) is 9.95. The highest BCUT2D eigenvalue weighted by Crippen LogP contribution is 2.21. The Morgan fingerprint density at radius 1 is 1.10 bits per heavy atom. The molecule has 212 valence electrons. The van der Waals surface area contributed by atoms with Crippen molar-refractivity contribution in [1.82, 2.24) is 35.6 Å².